The molecule has 2 aliphatic rings. The summed E-state index contributed by atoms with van der Waals surface area (Å²) < 4.78 is 11.3. The molecule has 1 fully saturated rings. The van der Waals surface area contributed by atoms with Gasteiger partial charge >= 0.3 is 0 Å². The Morgan fingerprint density at radius 3 is 2.55 bits per heavy atom. The summed E-state index contributed by atoms with van der Waals surface area (Å²) in [6.07, 6.45) is 4.70. The first-order valence-corrected chi connectivity index (χ1v) is 12.0. The van der Waals surface area contributed by atoms with Gasteiger partial charge in [0.1, 0.15) is 19.0 Å². The topological polar surface area (TPSA) is 71.5 Å². The average Bonchev–Trinajstić information content (AvgIpc) is 2.84. The van der Waals surface area contributed by atoms with Gasteiger partial charge in [0.25, 0.3) is 0 Å². The molecule has 174 valence electrons. The molecule has 7 nitrogen and oxygen atoms in total. The molecular weight excluding hydrogens is 414 g/mol. The Balaban J connectivity index is 1.11. The molecule has 1 saturated carbocycles. The summed E-state index contributed by atoms with van der Waals surface area (Å²) in [4.78, 5) is 11.6. The Labute approximate surface area is 195 Å². The third-order valence-corrected chi connectivity index (χ3v) is 6.56. The van der Waals surface area contributed by atoms with E-state index in [1.807, 2.05) is 32.3 Å². The van der Waals surface area contributed by atoms with Crippen molar-refractivity contribution in [3.8, 4) is 11.5 Å². The lowest BCUT2D eigenvalue weighted by atomic mass is 9.86. The van der Waals surface area contributed by atoms with Crippen LogP contribution < -0.4 is 25.0 Å². The van der Waals surface area contributed by atoms with Crippen molar-refractivity contribution in [1.82, 2.24) is 15.3 Å². The van der Waals surface area contributed by atoms with Gasteiger partial charge in [-0.2, -0.15) is 4.98 Å². The summed E-state index contributed by atoms with van der Waals surface area (Å²) in [5.74, 6) is 4.11. The fourth-order valence-corrected chi connectivity index (χ4v) is 4.78. The number of ether oxygens (including phenoxy) is 2. The summed E-state index contributed by atoms with van der Waals surface area (Å²) in [6, 6.07) is 14.9. The zero-order chi connectivity index (χ0) is 22.6. The molecule has 0 amide bonds. The molecule has 7 heteroatoms. The highest BCUT2D eigenvalue weighted by molar-refractivity contribution is 5.90. The molecule has 0 spiro atoms. The van der Waals surface area contributed by atoms with Crippen LogP contribution in [0.25, 0.3) is 10.9 Å². The number of benzene rings is 2. The molecule has 0 atom stereocenters. The van der Waals surface area contributed by atoms with Crippen molar-refractivity contribution in [1.29, 1.82) is 0 Å². The highest BCUT2D eigenvalue weighted by Gasteiger charge is 2.22. The maximum atomic E-state index is 5.69. The average molecular weight is 448 g/mol. The molecule has 0 unspecified atom stereocenters. The third kappa shape index (κ3) is 5.14. The van der Waals surface area contributed by atoms with E-state index in [-0.39, 0.29) is 0 Å². The summed E-state index contributed by atoms with van der Waals surface area (Å²) in [7, 11) is 4.06. The van der Waals surface area contributed by atoms with Crippen LogP contribution in [0.2, 0.25) is 0 Å². The molecule has 0 radical (unpaired) electrons. The summed E-state index contributed by atoms with van der Waals surface area (Å²) in [5.41, 5.74) is 2.22. The maximum absolute atomic E-state index is 5.69. The molecule has 3 aromatic rings. The first-order chi connectivity index (χ1) is 16.2. The van der Waals surface area contributed by atoms with E-state index in [0.717, 1.165) is 60.1 Å². The molecule has 1 aromatic heterocycles. The van der Waals surface area contributed by atoms with Crippen molar-refractivity contribution < 1.29 is 9.47 Å². The van der Waals surface area contributed by atoms with Crippen LogP contribution in [-0.4, -0.2) is 49.9 Å². The number of nitrogens with one attached hydrogen (secondary N) is 2. The van der Waals surface area contributed by atoms with Crippen molar-refractivity contribution in [2.75, 3.05) is 44.1 Å². The fraction of sp³-hybridized carbons (Fsp3) is 0.462. The van der Waals surface area contributed by atoms with Crippen LogP contribution in [0.1, 0.15) is 31.2 Å². The second kappa shape index (κ2) is 9.83. The van der Waals surface area contributed by atoms with Crippen LogP contribution in [-0.2, 0) is 6.54 Å². The molecule has 1 aliphatic carbocycles. The summed E-state index contributed by atoms with van der Waals surface area (Å²) >= 11 is 0. The van der Waals surface area contributed by atoms with Crippen LogP contribution in [0.4, 0.5) is 11.8 Å². The van der Waals surface area contributed by atoms with E-state index in [2.05, 4.69) is 39.8 Å². The van der Waals surface area contributed by atoms with Gasteiger partial charge < -0.3 is 25.0 Å². The molecule has 1 aliphatic heterocycles. The SMILES string of the molecule is CN(C)c1nc(N[C@H]2CC[C@@H](CNCc3ccc4c(c3)OCCO4)CC2)nc2ccccc12. The minimum Gasteiger partial charge on any atom is -0.486 e. The van der Waals surface area contributed by atoms with Gasteiger partial charge in [0.2, 0.25) is 5.95 Å². The van der Waals surface area contributed by atoms with Crippen molar-refractivity contribution >= 4 is 22.7 Å². The Bertz CT molecular complexity index is 1100. The molecule has 2 N–H and O–H groups in total. The Morgan fingerprint density at radius 2 is 1.73 bits per heavy atom. The summed E-state index contributed by atoms with van der Waals surface area (Å²) in [6.45, 7) is 3.15. The monoisotopic (exact) mass is 447 g/mol. The molecule has 0 saturated heterocycles. The number of hydrogen-bond acceptors (Lipinski definition) is 7. The standard InChI is InChI=1S/C26H33N5O2/c1-31(2)25-21-5-3-4-6-22(21)29-26(30-25)28-20-10-7-18(8-11-20)16-27-17-19-9-12-23-24(15-19)33-14-13-32-23/h3-6,9,12,15,18,20,27H,7-8,10-11,13-14,16-17H2,1-2H3,(H,28,29,30)/t18-,20+. The first-order valence-electron chi connectivity index (χ1n) is 12.0. The van der Waals surface area contributed by atoms with Gasteiger partial charge in [-0.25, -0.2) is 4.98 Å². The zero-order valence-corrected chi connectivity index (χ0v) is 19.5. The molecular formula is C26H33N5O2. The van der Waals surface area contributed by atoms with Crippen LogP contribution in [0.5, 0.6) is 11.5 Å². The smallest absolute Gasteiger partial charge is 0.225 e. The number of aromatic nitrogens is 2. The van der Waals surface area contributed by atoms with E-state index in [1.54, 1.807) is 0 Å². The number of nitrogens with zero attached hydrogens (tertiary/aromatic N) is 3. The predicted octanol–water partition coefficient (Wildman–Crippen LogP) is 4.23. The van der Waals surface area contributed by atoms with E-state index in [1.165, 1.54) is 18.4 Å². The van der Waals surface area contributed by atoms with Gasteiger partial charge in [-0.15, -0.1) is 0 Å². The lowest BCUT2D eigenvalue weighted by molar-refractivity contribution is 0.171. The minimum atomic E-state index is 0.426. The van der Waals surface area contributed by atoms with Gasteiger partial charge in [0.05, 0.1) is 5.52 Å². The number of fused-ring (bicyclic) bond motifs is 2. The van der Waals surface area contributed by atoms with Gasteiger partial charge in [-0.3, -0.25) is 0 Å². The normalized spacial score (nSPS) is 19.9. The summed E-state index contributed by atoms with van der Waals surface area (Å²) in [5, 5.41) is 8.32. The minimum absolute atomic E-state index is 0.426. The highest BCUT2D eigenvalue weighted by Crippen LogP contribution is 2.31. The highest BCUT2D eigenvalue weighted by atomic mass is 16.6. The molecule has 2 aromatic carbocycles. The maximum Gasteiger partial charge on any atom is 0.225 e. The second-order valence-electron chi connectivity index (χ2n) is 9.25. The Kier molecular flexibility index (Phi) is 6.48. The van der Waals surface area contributed by atoms with Gasteiger partial charge in [0, 0.05) is 32.1 Å². The van der Waals surface area contributed by atoms with Crippen molar-refractivity contribution in [2.24, 2.45) is 5.92 Å². The Morgan fingerprint density at radius 1 is 0.939 bits per heavy atom. The lowest BCUT2D eigenvalue weighted by Gasteiger charge is -2.29. The van der Waals surface area contributed by atoms with Crippen LogP contribution in [0, 0.1) is 5.92 Å². The van der Waals surface area contributed by atoms with Crippen molar-refractivity contribution in [3.05, 3.63) is 48.0 Å². The molecule has 0 bridgehead atoms. The number of para-hydroxylation sites is 1. The number of anilines is 2. The quantitative estimate of drug-likeness (QED) is 0.562. The first kappa shape index (κ1) is 21.8. The van der Waals surface area contributed by atoms with Gasteiger partial charge in [-0.1, -0.05) is 18.2 Å². The Hall–Kier alpha value is -3.06. The fourth-order valence-electron chi connectivity index (χ4n) is 4.78. The van der Waals surface area contributed by atoms with Gasteiger partial charge in [0.15, 0.2) is 11.5 Å². The van der Waals surface area contributed by atoms with E-state index in [0.29, 0.717) is 25.2 Å². The third-order valence-electron chi connectivity index (χ3n) is 6.56. The van der Waals surface area contributed by atoms with E-state index < -0.39 is 0 Å². The predicted molar refractivity (Wildman–Crippen MR) is 132 cm³/mol. The van der Waals surface area contributed by atoms with E-state index in [9.17, 15) is 0 Å². The zero-order valence-electron chi connectivity index (χ0n) is 19.5. The molecule has 33 heavy (non-hydrogen) atoms. The van der Waals surface area contributed by atoms with Crippen LogP contribution in [0.3, 0.4) is 0 Å². The van der Waals surface area contributed by atoms with Crippen LogP contribution in [0.15, 0.2) is 42.5 Å². The van der Waals surface area contributed by atoms with Crippen LogP contribution >= 0.6 is 0 Å². The number of rotatable bonds is 7. The molecule has 5 rings (SSSR count). The van der Waals surface area contributed by atoms with Gasteiger partial charge in [-0.05, 0) is 68.0 Å². The second-order valence-corrected chi connectivity index (χ2v) is 9.25. The largest absolute Gasteiger partial charge is 0.486 e. The van der Waals surface area contributed by atoms with Crippen molar-refractivity contribution in [3.63, 3.8) is 0 Å². The number of hydrogen-bond donors (Lipinski definition) is 2. The van der Waals surface area contributed by atoms with E-state index in [4.69, 9.17) is 19.4 Å². The lowest BCUT2D eigenvalue weighted by Crippen LogP contribution is -2.31. The van der Waals surface area contributed by atoms with E-state index >= 15 is 0 Å². The van der Waals surface area contributed by atoms with Crippen molar-refractivity contribution in [2.45, 2.75) is 38.3 Å². The molecule has 2 heterocycles.